The lowest BCUT2D eigenvalue weighted by molar-refractivity contribution is 0.102. The Morgan fingerprint density at radius 1 is 1.15 bits per heavy atom. The third-order valence-electron chi connectivity index (χ3n) is 2.50. The number of carbonyl (C=O) groups excluding carboxylic acids is 1. The van der Waals surface area contributed by atoms with Crippen molar-refractivity contribution in [1.82, 2.24) is 0 Å². The number of benzene rings is 2. The van der Waals surface area contributed by atoms with E-state index in [1.165, 1.54) is 18.2 Å². The number of nitrogen functional groups attached to an aromatic ring is 1. The summed E-state index contributed by atoms with van der Waals surface area (Å²) in [5.41, 5.74) is 5.23. The maximum absolute atomic E-state index is 13.4. The van der Waals surface area contributed by atoms with E-state index in [0.29, 0.717) is 12.1 Å². The largest absolute Gasteiger partial charge is 0.398 e. The third kappa shape index (κ3) is 2.85. The van der Waals surface area contributed by atoms with E-state index in [9.17, 15) is 18.0 Å². The molecule has 104 valence electrons. The van der Waals surface area contributed by atoms with Crippen molar-refractivity contribution in [3.05, 3.63) is 58.4 Å². The molecule has 0 saturated carbocycles. The fourth-order valence-corrected chi connectivity index (χ4v) is 1.69. The predicted molar refractivity (Wildman–Crippen MR) is 70.1 cm³/mol. The van der Waals surface area contributed by atoms with Gasteiger partial charge in [-0.3, -0.25) is 4.79 Å². The SMILES string of the molecule is Nc1ccc(C(=O)Nc2cc(F)cc(F)c2F)cc1Cl. The highest BCUT2D eigenvalue weighted by Gasteiger charge is 2.15. The van der Waals surface area contributed by atoms with Crippen molar-refractivity contribution in [2.45, 2.75) is 0 Å². The van der Waals surface area contributed by atoms with Crippen LogP contribution in [0.1, 0.15) is 10.4 Å². The average molecular weight is 301 g/mol. The number of nitrogens with two attached hydrogens (primary N) is 1. The van der Waals surface area contributed by atoms with E-state index in [0.717, 1.165) is 0 Å². The van der Waals surface area contributed by atoms with Crippen molar-refractivity contribution in [2.75, 3.05) is 11.1 Å². The van der Waals surface area contributed by atoms with Crippen LogP contribution in [0, 0.1) is 17.5 Å². The molecule has 3 N–H and O–H groups in total. The van der Waals surface area contributed by atoms with Crippen LogP contribution < -0.4 is 11.1 Å². The van der Waals surface area contributed by atoms with Crippen LogP contribution in [0.15, 0.2) is 30.3 Å². The average Bonchev–Trinajstić information content (AvgIpc) is 2.38. The molecule has 0 fully saturated rings. The smallest absolute Gasteiger partial charge is 0.255 e. The second-order valence-corrected chi connectivity index (χ2v) is 4.35. The Bertz CT molecular complexity index is 692. The van der Waals surface area contributed by atoms with Crippen molar-refractivity contribution in [1.29, 1.82) is 0 Å². The molecule has 3 nitrogen and oxygen atoms in total. The second-order valence-electron chi connectivity index (χ2n) is 3.94. The number of anilines is 2. The lowest BCUT2D eigenvalue weighted by Crippen LogP contribution is -2.14. The molecule has 2 aromatic carbocycles. The lowest BCUT2D eigenvalue weighted by atomic mass is 10.2. The summed E-state index contributed by atoms with van der Waals surface area (Å²) in [6.07, 6.45) is 0. The molecule has 0 aliphatic heterocycles. The molecule has 0 saturated heterocycles. The molecule has 2 rings (SSSR count). The fraction of sp³-hybridized carbons (Fsp3) is 0. The van der Waals surface area contributed by atoms with Gasteiger partial charge in [-0.15, -0.1) is 0 Å². The summed E-state index contributed by atoms with van der Waals surface area (Å²) < 4.78 is 39.4. The molecule has 0 unspecified atom stereocenters. The van der Waals surface area contributed by atoms with Gasteiger partial charge in [0.2, 0.25) is 0 Å². The van der Waals surface area contributed by atoms with Gasteiger partial charge in [-0.25, -0.2) is 13.2 Å². The van der Waals surface area contributed by atoms with Crippen molar-refractivity contribution >= 4 is 28.9 Å². The van der Waals surface area contributed by atoms with Gasteiger partial charge in [0.05, 0.1) is 16.4 Å². The highest BCUT2D eigenvalue weighted by Crippen LogP contribution is 2.22. The van der Waals surface area contributed by atoms with Gasteiger partial charge in [0, 0.05) is 17.7 Å². The molecular weight excluding hydrogens is 293 g/mol. The van der Waals surface area contributed by atoms with E-state index < -0.39 is 29.0 Å². The summed E-state index contributed by atoms with van der Waals surface area (Å²) >= 11 is 5.74. The molecule has 1 amide bonds. The molecule has 2 aromatic rings. The number of amides is 1. The molecule has 0 atom stereocenters. The summed E-state index contributed by atoms with van der Waals surface area (Å²) in [5, 5.41) is 2.20. The minimum Gasteiger partial charge on any atom is -0.398 e. The molecule has 0 heterocycles. The van der Waals surface area contributed by atoms with Gasteiger partial charge < -0.3 is 11.1 Å². The highest BCUT2D eigenvalue weighted by atomic mass is 35.5. The Kier molecular flexibility index (Phi) is 3.85. The Hall–Kier alpha value is -2.21. The lowest BCUT2D eigenvalue weighted by Gasteiger charge is -2.08. The van der Waals surface area contributed by atoms with E-state index in [2.05, 4.69) is 5.32 Å². The summed E-state index contributed by atoms with van der Waals surface area (Å²) in [5.74, 6) is -4.51. The Labute approximate surface area is 117 Å². The van der Waals surface area contributed by atoms with Crippen molar-refractivity contribution in [2.24, 2.45) is 0 Å². The summed E-state index contributed by atoms with van der Waals surface area (Å²) in [7, 11) is 0. The Morgan fingerprint density at radius 3 is 2.50 bits per heavy atom. The quantitative estimate of drug-likeness (QED) is 0.658. The summed E-state index contributed by atoms with van der Waals surface area (Å²) in [4.78, 5) is 11.8. The van der Waals surface area contributed by atoms with E-state index in [1.54, 1.807) is 0 Å². The van der Waals surface area contributed by atoms with Gasteiger partial charge in [-0.05, 0) is 18.2 Å². The van der Waals surface area contributed by atoms with Crippen molar-refractivity contribution < 1.29 is 18.0 Å². The van der Waals surface area contributed by atoms with Crippen molar-refractivity contribution in [3.8, 4) is 0 Å². The number of carbonyl (C=O) groups is 1. The predicted octanol–water partition coefficient (Wildman–Crippen LogP) is 3.59. The van der Waals surface area contributed by atoms with Crippen LogP contribution in [-0.4, -0.2) is 5.91 Å². The Balaban J connectivity index is 2.30. The molecule has 0 aliphatic rings. The van der Waals surface area contributed by atoms with Gasteiger partial charge in [0.1, 0.15) is 5.82 Å². The van der Waals surface area contributed by atoms with Gasteiger partial charge >= 0.3 is 0 Å². The summed E-state index contributed by atoms with van der Waals surface area (Å²) in [6, 6.07) is 5.06. The van der Waals surface area contributed by atoms with E-state index in [4.69, 9.17) is 17.3 Å². The van der Waals surface area contributed by atoms with Gasteiger partial charge in [0.15, 0.2) is 11.6 Å². The van der Waals surface area contributed by atoms with Crippen molar-refractivity contribution in [3.63, 3.8) is 0 Å². The zero-order valence-electron chi connectivity index (χ0n) is 9.88. The molecule has 0 bridgehead atoms. The molecule has 0 spiro atoms. The van der Waals surface area contributed by atoms with Crippen LogP contribution >= 0.6 is 11.6 Å². The molecule has 20 heavy (non-hydrogen) atoms. The molecule has 0 aliphatic carbocycles. The zero-order chi connectivity index (χ0) is 14.9. The number of hydrogen-bond donors (Lipinski definition) is 2. The number of hydrogen-bond acceptors (Lipinski definition) is 2. The maximum atomic E-state index is 13.4. The first kappa shape index (κ1) is 14.2. The zero-order valence-corrected chi connectivity index (χ0v) is 10.6. The van der Waals surface area contributed by atoms with Crippen LogP contribution in [0.2, 0.25) is 5.02 Å². The number of rotatable bonds is 2. The maximum Gasteiger partial charge on any atom is 0.255 e. The van der Waals surface area contributed by atoms with Gasteiger partial charge in [-0.1, -0.05) is 11.6 Å². The van der Waals surface area contributed by atoms with Crippen LogP contribution in [0.4, 0.5) is 24.5 Å². The number of nitrogens with one attached hydrogen (secondary N) is 1. The monoisotopic (exact) mass is 300 g/mol. The minimum atomic E-state index is -1.39. The third-order valence-corrected chi connectivity index (χ3v) is 2.83. The Morgan fingerprint density at radius 2 is 1.85 bits per heavy atom. The first-order chi connectivity index (χ1) is 9.38. The van der Waals surface area contributed by atoms with E-state index in [-0.39, 0.29) is 16.3 Å². The van der Waals surface area contributed by atoms with Crippen LogP contribution in [0.5, 0.6) is 0 Å². The first-order valence-corrected chi connectivity index (χ1v) is 5.77. The standard InChI is InChI=1S/C13H8ClF3N2O/c14-8-3-6(1-2-10(8)18)13(20)19-11-5-7(15)4-9(16)12(11)17/h1-5H,18H2,(H,19,20). The summed E-state index contributed by atoms with van der Waals surface area (Å²) in [6.45, 7) is 0. The van der Waals surface area contributed by atoms with Gasteiger partial charge in [-0.2, -0.15) is 0 Å². The molecule has 7 heteroatoms. The van der Waals surface area contributed by atoms with Crippen LogP contribution in [0.25, 0.3) is 0 Å². The van der Waals surface area contributed by atoms with Crippen LogP contribution in [0.3, 0.4) is 0 Å². The van der Waals surface area contributed by atoms with E-state index in [1.807, 2.05) is 0 Å². The van der Waals surface area contributed by atoms with E-state index >= 15 is 0 Å². The van der Waals surface area contributed by atoms with Crippen LogP contribution in [-0.2, 0) is 0 Å². The fourth-order valence-electron chi connectivity index (χ4n) is 1.51. The highest BCUT2D eigenvalue weighted by molar-refractivity contribution is 6.33. The second kappa shape index (κ2) is 5.42. The number of halogens is 4. The molecule has 0 aromatic heterocycles. The molecule has 0 radical (unpaired) electrons. The topological polar surface area (TPSA) is 55.1 Å². The first-order valence-electron chi connectivity index (χ1n) is 5.39. The molecular formula is C13H8ClF3N2O. The van der Waals surface area contributed by atoms with Gasteiger partial charge in [0.25, 0.3) is 5.91 Å². The minimum absolute atomic E-state index is 0.0771. The normalized spacial score (nSPS) is 10.4.